The number of aliphatic carboxylic acids is 1. The molecule has 0 amide bonds. The van der Waals surface area contributed by atoms with E-state index in [-0.39, 0.29) is 6.04 Å². The second-order valence-corrected chi connectivity index (χ2v) is 5.06. The number of carboxylic acid groups (broad SMARTS) is 1. The fourth-order valence-corrected chi connectivity index (χ4v) is 2.18. The summed E-state index contributed by atoms with van der Waals surface area (Å²) in [7, 11) is 0. The highest BCUT2D eigenvalue weighted by atomic mass is 35.5. The number of rotatable bonds is 5. The first-order valence-corrected chi connectivity index (χ1v) is 6.75. The van der Waals surface area contributed by atoms with Crippen LogP contribution in [0.2, 0.25) is 5.02 Å². The average Bonchev–Trinajstić information content (AvgIpc) is 2.46. The average molecular weight is 290 g/mol. The van der Waals surface area contributed by atoms with E-state index in [4.69, 9.17) is 11.6 Å². The summed E-state index contributed by atoms with van der Waals surface area (Å²) in [6.07, 6.45) is 0. The monoisotopic (exact) mass is 289 g/mol. The predicted molar refractivity (Wildman–Crippen MR) is 79.8 cm³/mol. The number of carboxylic acids is 1. The van der Waals surface area contributed by atoms with Crippen molar-refractivity contribution in [3.05, 3.63) is 70.7 Å². The van der Waals surface area contributed by atoms with E-state index in [2.05, 4.69) is 5.32 Å². The molecule has 2 rings (SSSR count). The lowest BCUT2D eigenvalue weighted by Crippen LogP contribution is -2.30. The van der Waals surface area contributed by atoms with E-state index in [1.165, 1.54) is 0 Å². The van der Waals surface area contributed by atoms with E-state index in [1.54, 1.807) is 24.3 Å². The molecule has 0 spiro atoms. The Morgan fingerprint density at radius 3 is 2.20 bits per heavy atom. The first-order valence-electron chi connectivity index (χ1n) is 6.37. The minimum Gasteiger partial charge on any atom is -0.480 e. The standard InChI is InChI=1S/C16H16ClNO2/c1-11(12-5-3-2-4-6-12)18-15(16(19)20)13-7-9-14(17)10-8-13/h2-11,15,18H,1H3,(H,19,20). The van der Waals surface area contributed by atoms with Crippen LogP contribution < -0.4 is 5.32 Å². The Kier molecular flexibility index (Phi) is 4.77. The molecule has 2 aromatic carbocycles. The van der Waals surface area contributed by atoms with Gasteiger partial charge in [0.2, 0.25) is 0 Å². The summed E-state index contributed by atoms with van der Waals surface area (Å²) in [6.45, 7) is 1.95. The molecule has 2 atom stereocenters. The fraction of sp³-hybridized carbons (Fsp3) is 0.188. The maximum absolute atomic E-state index is 11.5. The Morgan fingerprint density at radius 1 is 1.05 bits per heavy atom. The topological polar surface area (TPSA) is 49.3 Å². The van der Waals surface area contributed by atoms with E-state index in [0.29, 0.717) is 10.6 Å². The second kappa shape index (κ2) is 6.55. The molecule has 0 bridgehead atoms. The molecule has 2 N–H and O–H groups in total. The number of hydrogen-bond acceptors (Lipinski definition) is 2. The molecule has 0 heterocycles. The van der Waals surface area contributed by atoms with Gasteiger partial charge in [0.1, 0.15) is 6.04 Å². The van der Waals surface area contributed by atoms with Gasteiger partial charge >= 0.3 is 5.97 Å². The predicted octanol–water partition coefficient (Wildman–Crippen LogP) is 3.82. The van der Waals surface area contributed by atoms with Crippen molar-refractivity contribution in [1.82, 2.24) is 5.32 Å². The Bertz CT molecular complexity index is 569. The molecule has 104 valence electrons. The number of nitrogens with one attached hydrogen (secondary N) is 1. The lowest BCUT2D eigenvalue weighted by Gasteiger charge is -2.21. The van der Waals surface area contributed by atoms with Gasteiger partial charge in [-0.15, -0.1) is 0 Å². The summed E-state index contributed by atoms with van der Waals surface area (Å²) >= 11 is 5.83. The number of hydrogen-bond donors (Lipinski definition) is 2. The van der Waals surface area contributed by atoms with E-state index < -0.39 is 12.0 Å². The van der Waals surface area contributed by atoms with E-state index in [9.17, 15) is 9.90 Å². The van der Waals surface area contributed by atoms with Crippen LogP contribution in [0.25, 0.3) is 0 Å². The molecule has 0 aromatic heterocycles. The number of carbonyl (C=O) groups is 1. The molecule has 3 nitrogen and oxygen atoms in total. The molecule has 0 saturated carbocycles. The van der Waals surface area contributed by atoms with Crippen LogP contribution in [0.4, 0.5) is 0 Å². The third-order valence-corrected chi connectivity index (χ3v) is 3.42. The van der Waals surface area contributed by atoms with Gasteiger partial charge in [-0.25, -0.2) is 0 Å². The molecular formula is C16H16ClNO2. The molecule has 0 radical (unpaired) electrons. The summed E-state index contributed by atoms with van der Waals surface area (Å²) in [4.78, 5) is 11.5. The van der Waals surface area contributed by atoms with Crippen molar-refractivity contribution < 1.29 is 9.90 Å². The maximum Gasteiger partial charge on any atom is 0.325 e. The Balaban J connectivity index is 2.18. The van der Waals surface area contributed by atoms with Gasteiger partial charge < -0.3 is 5.11 Å². The SMILES string of the molecule is CC(NC(C(=O)O)c1ccc(Cl)cc1)c1ccccc1. The Labute approximate surface area is 123 Å². The molecule has 4 heteroatoms. The van der Waals surface area contributed by atoms with Crippen LogP contribution in [0, 0.1) is 0 Å². The largest absolute Gasteiger partial charge is 0.480 e. The zero-order chi connectivity index (χ0) is 14.5. The molecule has 2 unspecified atom stereocenters. The van der Waals surface area contributed by atoms with Crippen molar-refractivity contribution in [1.29, 1.82) is 0 Å². The van der Waals surface area contributed by atoms with Crippen LogP contribution >= 0.6 is 11.6 Å². The normalized spacial score (nSPS) is 13.7. The number of benzene rings is 2. The van der Waals surface area contributed by atoms with Crippen LogP contribution in [0.5, 0.6) is 0 Å². The van der Waals surface area contributed by atoms with Crippen LogP contribution in [0.1, 0.15) is 30.1 Å². The van der Waals surface area contributed by atoms with Crippen molar-refractivity contribution in [3.8, 4) is 0 Å². The Hall–Kier alpha value is -1.84. The zero-order valence-corrected chi connectivity index (χ0v) is 11.8. The van der Waals surface area contributed by atoms with Gasteiger partial charge in [-0.3, -0.25) is 10.1 Å². The smallest absolute Gasteiger partial charge is 0.325 e. The maximum atomic E-state index is 11.5. The third-order valence-electron chi connectivity index (χ3n) is 3.17. The summed E-state index contributed by atoms with van der Waals surface area (Å²) in [6, 6.07) is 15.8. The molecule has 0 saturated heterocycles. The van der Waals surface area contributed by atoms with E-state index in [1.807, 2.05) is 37.3 Å². The van der Waals surface area contributed by atoms with Crippen molar-refractivity contribution in [2.75, 3.05) is 0 Å². The third kappa shape index (κ3) is 3.59. The van der Waals surface area contributed by atoms with Crippen LogP contribution in [0.15, 0.2) is 54.6 Å². The van der Waals surface area contributed by atoms with Crippen molar-refractivity contribution in [2.24, 2.45) is 0 Å². The van der Waals surface area contributed by atoms with Crippen molar-refractivity contribution >= 4 is 17.6 Å². The van der Waals surface area contributed by atoms with Crippen LogP contribution in [-0.2, 0) is 4.79 Å². The Morgan fingerprint density at radius 2 is 1.65 bits per heavy atom. The molecule has 20 heavy (non-hydrogen) atoms. The summed E-state index contributed by atoms with van der Waals surface area (Å²) in [5.41, 5.74) is 1.73. The molecule has 2 aromatic rings. The summed E-state index contributed by atoms with van der Waals surface area (Å²) in [5, 5.41) is 13.1. The molecular weight excluding hydrogens is 274 g/mol. The van der Waals surface area contributed by atoms with Gasteiger partial charge in [0.25, 0.3) is 0 Å². The van der Waals surface area contributed by atoms with Gasteiger partial charge in [-0.1, -0.05) is 54.1 Å². The molecule has 0 aliphatic heterocycles. The van der Waals surface area contributed by atoms with Crippen LogP contribution in [-0.4, -0.2) is 11.1 Å². The first-order chi connectivity index (χ1) is 9.58. The van der Waals surface area contributed by atoms with Gasteiger partial charge in [0, 0.05) is 11.1 Å². The van der Waals surface area contributed by atoms with Gasteiger partial charge in [0.05, 0.1) is 0 Å². The van der Waals surface area contributed by atoms with Crippen molar-refractivity contribution in [2.45, 2.75) is 19.0 Å². The van der Waals surface area contributed by atoms with Crippen molar-refractivity contribution in [3.63, 3.8) is 0 Å². The summed E-state index contributed by atoms with van der Waals surface area (Å²) in [5.74, 6) is -0.907. The highest BCUT2D eigenvalue weighted by molar-refractivity contribution is 6.30. The number of halogens is 1. The minimum absolute atomic E-state index is 0.0621. The summed E-state index contributed by atoms with van der Waals surface area (Å²) < 4.78 is 0. The highest BCUT2D eigenvalue weighted by Crippen LogP contribution is 2.21. The zero-order valence-electron chi connectivity index (χ0n) is 11.1. The molecule has 0 fully saturated rings. The molecule has 0 aliphatic carbocycles. The van der Waals surface area contributed by atoms with E-state index in [0.717, 1.165) is 5.56 Å². The lowest BCUT2D eigenvalue weighted by atomic mass is 10.0. The first kappa shape index (κ1) is 14.6. The fourth-order valence-electron chi connectivity index (χ4n) is 2.05. The van der Waals surface area contributed by atoms with Gasteiger partial charge in [-0.05, 0) is 30.2 Å². The van der Waals surface area contributed by atoms with Crippen LogP contribution in [0.3, 0.4) is 0 Å². The highest BCUT2D eigenvalue weighted by Gasteiger charge is 2.22. The lowest BCUT2D eigenvalue weighted by molar-refractivity contribution is -0.139. The minimum atomic E-state index is -0.907. The van der Waals surface area contributed by atoms with E-state index >= 15 is 0 Å². The van der Waals surface area contributed by atoms with Gasteiger partial charge in [0.15, 0.2) is 0 Å². The quantitative estimate of drug-likeness (QED) is 0.880. The second-order valence-electron chi connectivity index (χ2n) is 4.62. The van der Waals surface area contributed by atoms with Gasteiger partial charge in [-0.2, -0.15) is 0 Å². The molecule has 0 aliphatic rings.